The van der Waals surface area contributed by atoms with Crippen LogP contribution in [0.3, 0.4) is 0 Å². The number of benzene rings is 5. The second kappa shape index (κ2) is 20.5. The third-order valence-corrected chi connectivity index (χ3v) is 11.6. The Hall–Kier alpha value is -8.30. The number of carbonyl (C=O) groups is 2. The van der Waals surface area contributed by atoms with E-state index in [0.29, 0.717) is 46.2 Å². The predicted molar refractivity (Wildman–Crippen MR) is 269 cm³/mol. The molecule has 68 heavy (non-hydrogen) atoms. The van der Waals surface area contributed by atoms with Gasteiger partial charge >= 0.3 is 6.09 Å². The number of aromatic nitrogens is 4. The van der Waals surface area contributed by atoms with E-state index in [1.807, 2.05) is 172 Å². The number of nitrogens with zero attached hydrogens (tertiary/aromatic N) is 5. The topological polar surface area (TPSA) is 169 Å². The molecule has 336 valence electrons. The Balaban J connectivity index is 0.00000625. The van der Waals surface area contributed by atoms with Crippen molar-refractivity contribution in [1.29, 1.82) is 5.26 Å². The molecule has 11 nitrogen and oxygen atoms in total. The Labute approximate surface area is 400 Å². The summed E-state index contributed by atoms with van der Waals surface area (Å²) < 4.78 is 5.92. The molecule has 2 amide bonds. The molecular weight excluding hydrogens is 868 g/mol. The highest BCUT2D eigenvalue weighted by atomic mass is 35.5. The van der Waals surface area contributed by atoms with Crippen molar-refractivity contribution in [2.45, 2.75) is 45.0 Å². The Bertz CT molecular complexity index is 3270. The Morgan fingerprint density at radius 2 is 1.13 bits per heavy atom. The molecule has 0 aliphatic carbocycles. The number of pyridine rings is 4. The quantitative estimate of drug-likeness (QED) is 0.102. The summed E-state index contributed by atoms with van der Waals surface area (Å²) in [5.74, 6) is -0.276. The van der Waals surface area contributed by atoms with Crippen molar-refractivity contribution >= 4 is 46.2 Å². The molecule has 9 aromatic rings. The van der Waals surface area contributed by atoms with Crippen molar-refractivity contribution in [3.63, 3.8) is 0 Å². The molecule has 0 fully saturated rings. The highest BCUT2D eigenvalue weighted by Crippen LogP contribution is 2.37. The van der Waals surface area contributed by atoms with Crippen molar-refractivity contribution in [1.82, 2.24) is 30.6 Å². The third kappa shape index (κ3) is 10.4. The number of fused-ring (bicyclic) bond motifs is 2. The Morgan fingerprint density at radius 3 is 1.72 bits per heavy atom. The molecule has 0 radical (unpaired) electrons. The number of nitrogens with one attached hydrogen (secondary N) is 2. The molecule has 9 rings (SSSR count). The van der Waals surface area contributed by atoms with E-state index in [2.05, 4.69) is 26.7 Å². The predicted octanol–water partition coefficient (Wildman–Crippen LogP) is 11.6. The van der Waals surface area contributed by atoms with Crippen molar-refractivity contribution in [3.8, 4) is 50.8 Å². The first kappa shape index (κ1) is 46.2. The number of rotatable bonds is 13. The van der Waals surface area contributed by atoms with Gasteiger partial charge in [0.25, 0.3) is 5.91 Å². The number of hydrogen-bond acceptors (Lipinski definition) is 9. The molecule has 0 aliphatic heterocycles. The highest BCUT2D eigenvalue weighted by molar-refractivity contribution is 6.06. The lowest BCUT2D eigenvalue weighted by Crippen LogP contribution is -2.36. The number of amides is 2. The van der Waals surface area contributed by atoms with Gasteiger partial charge in [-0.2, -0.15) is 5.26 Å². The van der Waals surface area contributed by atoms with Gasteiger partial charge in [0.1, 0.15) is 23.1 Å². The molecule has 0 aliphatic rings. The Morgan fingerprint density at radius 1 is 0.632 bits per heavy atom. The van der Waals surface area contributed by atoms with Crippen molar-refractivity contribution in [2.24, 2.45) is 5.73 Å². The van der Waals surface area contributed by atoms with E-state index in [1.165, 1.54) is 0 Å². The second-order valence-corrected chi connectivity index (χ2v) is 16.9. The van der Waals surface area contributed by atoms with Crippen LogP contribution in [-0.2, 0) is 17.8 Å². The lowest BCUT2D eigenvalue weighted by molar-refractivity contribution is 0.0276. The fourth-order valence-corrected chi connectivity index (χ4v) is 8.26. The van der Waals surface area contributed by atoms with Crippen LogP contribution in [0.2, 0.25) is 0 Å². The van der Waals surface area contributed by atoms with Crippen molar-refractivity contribution in [3.05, 3.63) is 204 Å². The van der Waals surface area contributed by atoms with Gasteiger partial charge in [-0.1, -0.05) is 140 Å². The average Bonchev–Trinajstić information content (AvgIpc) is 3.37. The van der Waals surface area contributed by atoms with Gasteiger partial charge in [-0.25, -0.2) is 19.7 Å². The first-order valence-electron chi connectivity index (χ1n) is 22.0. The monoisotopic (exact) mass is 914 g/mol. The van der Waals surface area contributed by atoms with Gasteiger partial charge in [0.2, 0.25) is 0 Å². The molecule has 12 heteroatoms. The zero-order valence-electron chi connectivity index (χ0n) is 37.4. The van der Waals surface area contributed by atoms with Crippen LogP contribution in [0.1, 0.15) is 59.2 Å². The number of carbonyl (C=O) groups excluding carboxylic acids is 2. The maximum Gasteiger partial charge on any atom is 0.407 e. The van der Waals surface area contributed by atoms with Crippen molar-refractivity contribution in [2.75, 3.05) is 0 Å². The zero-order chi connectivity index (χ0) is 46.3. The smallest absolute Gasteiger partial charge is 0.407 e. The molecule has 0 spiro atoms. The summed E-state index contributed by atoms with van der Waals surface area (Å²) in [6.45, 7) is 4.33. The molecular formula is C56H47ClN8O3. The largest absolute Gasteiger partial charge is 0.443 e. The standard InChI is InChI=1S/C56H46N8O3.ClH/c1-56(2,67-55(66)62-35-37-18-20-41(21-19-37)51-43(38-14-8-4-9-15-38)30-45-48(63-51)26-28-59-50(45)33-57)32-47(58)40-22-24-42(25-23-40)52-44(39-16-10-5-11-17-39)31-46-49(64-52)27-29-60-53(46)54(65)61-34-36-12-6-3-7-13-36;/h3-31,47H,32,34-35,58H2,1-2H3,(H,61,65)(H,62,66);1H. The summed E-state index contributed by atoms with van der Waals surface area (Å²) in [7, 11) is 0. The lowest BCUT2D eigenvalue weighted by atomic mass is 9.92. The van der Waals surface area contributed by atoms with Crippen LogP contribution in [0, 0.1) is 11.3 Å². The first-order chi connectivity index (χ1) is 32.6. The molecule has 0 bridgehead atoms. The minimum absolute atomic E-state index is 0. The normalized spacial score (nSPS) is 11.6. The average molecular weight is 915 g/mol. The second-order valence-electron chi connectivity index (χ2n) is 16.9. The summed E-state index contributed by atoms with van der Waals surface area (Å²) in [5, 5.41) is 16.9. The molecule has 0 saturated heterocycles. The van der Waals surface area contributed by atoms with Crippen molar-refractivity contribution < 1.29 is 14.3 Å². The molecule has 4 heterocycles. The first-order valence-corrected chi connectivity index (χ1v) is 22.0. The van der Waals surface area contributed by atoms with E-state index in [1.54, 1.807) is 18.5 Å². The minimum atomic E-state index is -0.887. The van der Waals surface area contributed by atoms with Crippen LogP contribution in [-0.4, -0.2) is 37.5 Å². The number of nitriles is 1. The Kier molecular flexibility index (Phi) is 13.9. The zero-order valence-corrected chi connectivity index (χ0v) is 38.2. The summed E-state index contributed by atoms with van der Waals surface area (Å²) in [6, 6.07) is 54.8. The SMILES string of the molecule is CC(C)(CC(N)c1ccc(-c2nc3ccnc(C(=O)NCc4ccccc4)c3cc2-c2ccccc2)cc1)OC(=O)NCc1ccc(-c2nc3ccnc(C#N)c3cc2-c2ccccc2)cc1.Cl. The van der Waals surface area contributed by atoms with Gasteiger partial charge in [0.15, 0.2) is 0 Å². The van der Waals surface area contributed by atoms with E-state index in [0.717, 1.165) is 61.5 Å². The molecule has 1 unspecified atom stereocenters. The minimum Gasteiger partial charge on any atom is -0.443 e. The van der Waals surface area contributed by atoms with Crippen LogP contribution in [0.4, 0.5) is 4.79 Å². The number of ether oxygens (including phenoxy) is 1. The summed E-state index contributed by atoms with van der Waals surface area (Å²) in [6.07, 6.45) is 3.03. The third-order valence-electron chi connectivity index (χ3n) is 11.6. The van der Waals surface area contributed by atoms with Gasteiger partial charge in [-0.05, 0) is 65.9 Å². The van der Waals surface area contributed by atoms with Crippen LogP contribution in [0.15, 0.2) is 176 Å². The van der Waals surface area contributed by atoms with Gasteiger partial charge in [0.05, 0.1) is 22.4 Å². The van der Waals surface area contributed by atoms with E-state index < -0.39 is 17.7 Å². The summed E-state index contributed by atoms with van der Waals surface area (Å²) in [5.41, 5.74) is 17.6. The van der Waals surface area contributed by atoms with Crippen LogP contribution in [0.25, 0.3) is 66.6 Å². The summed E-state index contributed by atoms with van der Waals surface area (Å²) >= 11 is 0. The fraction of sp³-hybridized carbons (Fsp3) is 0.125. The molecule has 4 N–H and O–H groups in total. The van der Waals surface area contributed by atoms with Crippen LogP contribution in [0.5, 0.6) is 0 Å². The highest BCUT2D eigenvalue weighted by Gasteiger charge is 2.27. The fourth-order valence-electron chi connectivity index (χ4n) is 8.26. The number of halogens is 1. The van der Waals surface area contributed by atoms with Gasteiger partial charge in [0, 0.05) is 71.0 Å². The molecule has 4 aromatic heterocycles. The van der Waals surface area contributed by atoms with Gasteiger partial charge in [-0.15, -0.1) is 12.4 Å². The summed E-state index contributed by atoms with van der Waals surface area (Å²) in [4.78, 5) is 45.4. The maximum atomic E-state index is 13.5. The van der Waals surface area contributed by atoms with E-state index >= 15 is 0 Å². The molecule has 0 saturated carbocycles. The molecule has 1 atom stereocenters. The van der Waals surface area contributed by atoms with E-state index in [9.17, 15) is 14.9 Å². The number of hydrogen-bond donors (Lipinski definition) is 3. The van der Waals surface area contributed by atoms with E-state index in [4.69, 9.17) is 20.4 Å². The number of alkyl carbamates (subject to hydrolysis) is 1. The van der Waals surface area contributed by atoms with Crippen LogP contribution >= 0.6 is 12.4 Å². The van der Waals surface area contributed by atoms with E-state index in [-0.39, 0.29) is 24.9 Å². The van der Waals surface area contributed by atoms with Crippen LogP contribution < -0.4 is 16.4 Å². The number of nitrogens with two attached hydrogens (primary N) is 1. The maximum absolute atomic E-state index is 13.5. The van der Waals surface area contributed by atoms with Gasteiger partial charge in [-0.3, -0.25) is 9.78 Å². The van der Waals surface area contributed by atoms with Gasteiger partial charge < -0.3 is 21.1 Å². The molecule has 5 aromatic carbocycles. The lowest BCUT2D eigenvalue weighted by Gasteiger charge is -2.28.